The summed E-state index contributed by atoms with van der Waals surface area (Å²) in [5.74, 6) is 4.16. The van der Waals surface area contributed by atoms with Gasteiger partial charge < -0.3 is 10.2 Å². The summed E-state index contributed by atoms with van der Waals surface area (Å²) in [7, 11) is 4.06. The summed E-state index contributed by atoms with van der Waals surface area (Å²) in [6.45, 7) is 7.47. The van der Waals surface area contributed by atoms with E-state index in [-0.39, 0.29) is 0 Å². The molecule has 0 aliphatic heterocycles. The zero-order chi connectivity index (χ0) is 13.3. The highest BCUT2D eigenvalue weighted by Crippen LogP contribution is 2.32. The van der Waals surface area contributed by atoms with Crippen LogP contribution in [0.15, 0.2) is 0 Å². The van der Waals surface area contributed by atoms with Crippen molar-refractivity contribution in [2.45, 2.75) is 39.5 Å². The number of nitrogens with zero attached hydrogens (tertiary/aromatic N) is 3. The van der Waals surface area contributed by atoms with Crippen LogP contribution < -0.4 is 10.2 Å². The third-order valence-electron chi connectivity index (χ3n) is 3.48. The summed E-state index contributed by atoms with van der Waals surface area (Å²) in [5, 5.41) is 3.18. The minimum absolute atomic E-state index is 0.353. The first-order valence-corrected chi connectivity index (χ1v) is 6.80. The highest BCUT2D eigenvalue weighted by atomic mass is 15.2. The molecule has 4 nitrogen and oxygen atoms in total. The van der Waals surface area contributed by atoms with Gasteiger partial charge in [0.25, 0.3) is 0 Å². The first-order valence-electron chi connectivity index (χ1n) is 6.80. The molecule has 1 aromatic rings. The van der Waals surface area contributed by atoms with Crippen molar-refractivity contribution in [3.8, 4) is 0 Å². The van der Waals surface area contributed by atoms with E-state index in [1.54, 1.807) is 0 Å². The quantitative estimate of drug-likeness (QED) is 0.870. The van der Waals surface area contributed by atoms with Gasteiger partial charge in [-0.3, -0.25) is 0 Å². The Morgan fingerprint density at radius 1 is 1.33 bits per heavy atom. The molecule has 1 aliphatic carbocycles. The molecule has 1 aliphatic rings. The van der Waals surface area contributed by atoms with Gasteiger partial charge in [0, 0.05) is 32.1 Å². The van der Waals surface area contributed by atoms with Crippen LogP contribution in [0.4, 0.5) is 11.6 Å². The summed E-state index contributed by atoms with van der Waals surface area (Å²) in [4.78, 5) is 11.6. The number of aromatic nitrogens is 2. The second-order valence-electron chi connectivity index (χ2n) is 5.61. The van der Waals surface area contributed by atoms with Gasteiger partial charge in [-0.2, -0.15) is 0 Å². The van der Waals surface area contributed by atoms with Gasteiger partial charge in [-0.25, -0.2) is 9.97 Å². The molecule has 1 heterocycles. The molecule has 2 rings (SSSR count). The lowest BCUT2D eigenvalue weighted by atomic mass is 10.2. The fourth-order valence-corrected chi connectivity index (χ4v) is 2.17. The zero-order valence-electron chi connectivity index (χ0n) is 12.1. The molecule has 0 bridgehead atoms. The van der Waals surface area contributed by atoms with Gasteiger partial charge >= 0.3 is 0 Å². The molecule has 0 radical (unpaired) electrons. The fourth-order valence-electron chi connectivity index (χ4n) is 2.17. The molecule has 0 saturated heterocycles. The van der Waals surface area contributed by atoms with Crippen LogP contribution in [0.1, 0.15) is 44.0 Å². The van der Waals surface area contributed by atoms with E-state index in [1.165, 1.54) is 12.8 Å². The molecule has 0 aromatic carbocycles. The van der Waals surface area contributed by atoms with Crippen molar-refractivity contribution in [1.29, 1.82) is 0 Å². The topological polar surface area (TPSA) is 41.1 Å². The molecule has 0 unspecified atom stereocenters. The molecule has 1 aromatic heterocycles. The summed E-state index contributed by atoms with van der Waals surface area (Å²) in [5.41, 5.74) is 1.14. The van der Waals surface area contributed by atoms with E-state index in [0.717, 1.165) is 35.5 Å². The number of rotatable bonds is 5. The van der Waals surface area contributed by atoms with Crippen molar-refractivity contribution >= 4 is 11.6 Å². The lowest BCUT2D eigenvalue weighted by molar-refractivity contribution is 0.738. The summed E-state index contributed by atoms with van der Waals surface area (Å²) in [6, 6.07) is 0. The van der Waals surface area contributed by atoms with E-state index in [0.29, 0.717) is 5.92 Å². The Bertz CT molecular complexity index is 424. The maximum atomic E-state index is 4.74. The molecular formula is C14H24N4. The molecule has 100 valence electrons. The molecule has 0 spiro atoms. The van der Waals surface area contributed by atoms with Crippen molar-refractivity contribution in [3.05, 3.63) is 11.4 Å². The van der Waals surface area contributed by atoms with Crippen molar-refractivity contribution in [1.82, 2.24) is 9.97 Å². The predicted molar refractivity (Wildman–Crippen MR) is 76.4 cm³/mol. The summed E-state index contributed by atoms with van der Waals surface area (Å²) < 4.78 is 0. The number of hydrogen-bond donors (Lipinski definition) is 1. The normalized spacial score (nSPS) is 15.0. The number of nitrogens with one attached hydrogen (secondary N) is 1. The van der Waals surface area contributed by atoms with E-state index < -0.39 is 0 Å². The van der Waals surface area contributed by atoms with Crippen LogP contribution >= 0.6 is 0 Å². The molecule has 18 heavy (non-hydrogen) atoms. The fraction of sp³-hybridized carbons (Fsp3) is 0.714. The van der Waals surface area contributed by atoms with Gasteiger partial charge in [-0.05, 0) is 25.7 Å². The SMILES string of the molecule is CNc1nc(C(C)C)nc(N(C)CC2CC2)c1C. The second-order valence-corrected chi connectivity index (χ2v) is 5.61. The molecule has 0 amide bonds. The number of hydrogen-bond acceptors (Lipinski definition) is 4. The van der Waals surface area contributed by atoms with Crippen molar-refractivity contribution in [3.63, 3.8) is 0 Å². The average molecular weight is 248 g/mol. The van der Waals surface area contributed by atoms with Crippen molar-refractivity contribution in [2.24, 2.45) is 5.92 Å². The Morgan fingerprint density at radius 3 is 2.50 bits per heavy atom. The van der Waals surface area contributed by atoms with Crippen molar-refractivity contribution < 1.29 is 0 Å². The lowest BCUT2D eigenvalue weighted by Crippen LogP contribution is -2.23. The molecule has 1 fully saturated rings. The Labute approximate surface area is 110 Å². The Morgan fingerprint density at radius 2 is 2.00 bits per heavy atom. The van der Waals surface area contributed by atoms with E-state index in [9.17, 15) is 0 Å². The van der Waals surface area contributed by atoms with E-state index in [4.69, 9.17) is 4.98 Å². The summed E-state index contributed by atoms with van der Waals surface area (Å²) in [6.07, 6.45) is 2.73. The second kappa shape index (κ2) is 5.12. The maximum absolute atomic E-state index is 4.74. The van der Waals surface area contributed by atoms with Crippen LogP contribution in [0.3, 0.4) is 0 Å². The van der Waals surface area contributed by atoms with E-state index in [2.05, 4.69) is 43.0 Å². The van der Waals surface area contributed by atoms with Crippen LogP contribution in [0.25, 0.3) is 0 Å². The van der Waals surface area contributed by atoms with Gasteiger partial charge in [0.05, 0.1) is 0 Å². The van der Waals surface area contributed by atoms with Crippen molar-refractivity contribution in [2.75, 3.05) is 30.9 Å². The first kappa shape index (κ1) is 13.1. The van der Waals surface area contributed by atoms with Crippen LogP contribution in [0, 0.1) is 12.8 Å². The minimum atomic E-state index is 0.353. The molecule has 0 atom stereocenters. The predicted octanol–water partition coefficient (Wildman–Crippen LogP) is 2.80. The van der Waals surface area contributed by atoms with Crippen LogP contribution in [0.5, 0.6) is 0 Å². The maximum Gasteiger partial charge on any atom is 0.137 e. The zero-order valence-corrected chi connectivity index (χ0v) is 12.1. The monoisotopic (exact) mass is 248 g/mol. The smallest absolute Gasteiger partial charge is 0.137 e. The largest absolute Gasteiger partial charge is 0.373 e. The van der Waals surface area contributed by atoms with Crippen LogP contribution in [-0.2, 0) is 0 Å². The third-order valence-corrected chi connectivity index (χ3v) is 3.48. The van der Waals surface area contributed by atoms with E-state index >= 15 is 0 Å². The van der Waals surface area contributed by atoms with E-state index in [1.807, 2.05) is 7.05 Å². The molecule has 1 N–H and O–H groups in total. The van der Waals surface area contributed by atoms with Gasteiger partial charge in [0.1, 0.15) is 17.5 Å². The highest BCUT2D eigenvalue weighted by Gasteiger charge is 2.25. The molecule has 1 saturated carbocycles. The standard InChI is InChI=1S/C14H24N4/c1-9(2)12-16-13(15-4)10(3)14(17-12)18(5)8-11-6-7-11/h9,11H,6-8H2,1-5H3,(H,15,16,17). The van der Waals surface area contributed by atoms with Gasteiger partial charge in [0.15, 0.2) is 0 Å². The Kier molecular flexibility index (Phi) is 3.73. The van der Waals surface area contributed by atoms with Gasteiger partial charge in [-0.1, -0.05) is 13.8 Å². The molecular weight excluding hydrogens is 224 g/mol. The average Bonchev–Trinajstić information content (AvgIpc) is 3.12. The number of anilines is 2. The minimum Gasteiger partial charge on any atom is -0.373 e. The Hall–Kier alpha value is -1.32. The highest BCUT2D eigenvalue weighted by molar-refractivity contribution is 5.58. The first-order chi connectivity index (χ1) is 8.52. The van der Waals surface area contributed by atoms with Gasteiger partial charge in [0.2, 0.25) is 0 Å². The lowest BCUT2D eigenvalue weighted by Gasteiger charge is -2.22. The molecule has 4 heteroatoms. The van der Waals surface area contributed by atoms with Crippen LogP contribution in [-0.4, -0.2) is 30.6 Å². The third kappa shape index (κ3) is 2.74. The summed E-state index contributed by atoms with van der Waals surface area (Å²) >= 11 is 0. The van der Waals surface area contributed by atoms with Crippen LogP contribution in [0.2, 0.25) is 0 Å². The Balaban J connectivity index is 2.33. The van der Waals surface area contributed by atoms with Gasteiger partial charge in [-0.15, -0.1) is 0 Å².